The minimum atomic E-state index is -0.269. The number of nitriles is 1. The molecule has 2 fully saturated rings. The molecule has 1 N–H and O–H groups in total. The molecule has 2 saturated heterocycles. The van der Waals surface area contributed by atoms with Crippen molar-refractivity contribution in [3.63, 3.8) is 0 Å². The van der Waals surface area contributed by atoms with Gasteiger partial charge in [0.2, 0.25) is 17.7 Å². The number of hydrogen-bond acceptors (Lipinski definition) is 6. The first kappa shape index (κ1) is 13.1. The van der Waals surface area contributed by atoms with Crippen molar-refractivity contribution in [2.45, 2.75) is 44.2 Å². The minimum Gasteiger partial charge on any atom is -0.425 e. The quantitative estimate of drug-likeness (QED) is 0.836. The Balaban J connectivity index is 1.65. The molecule has 0 radical (unpaired) electrons. The summed E-state index contributed by atoms with van der Waals surface area (Å²) in [7, 11) is 0. The van der Waals surface area contributed by atoms with E-state index in [2.05, 4.69) is 21.6 Å². The van der Waals surface area contributed by atoms with Gasteiger partial charge in [0.25, 0.3) is 0 Å². The van der Waals surface area contributed by atoms with Crippen molar-refractivity contribution in [2.75, 3.05) is 13.1 Å². The number of nitrogens with one attached hydrogen (secondary N) is 1. The largest absolute Gasteiger partial charge is 0.425 e. The number of likely N-dealkylation sites (tertiary alicyclic amines) is 1. The Morgan fingerprint density at radius 3 is 3.10 bits per heavy atom. The lowest BCUT2D eigenvalue weighted by molar-refractivity contribution is -0.133. The van der Waals surface area contributed by atoms with Gasteiger partial charge in [0.15, 0.2) is 0 Å². The first-order valence-corrected chi connectivity index (χ1v) is 6.92. The molecule has 3 rings (SSSR count). The highest BCUT2D eigenvalue weighted by Gasteiger charge is 2.38. The zero-order chi connectivity index (χ0) is 14.1. The first-order valence-electron chi connectivity index (χ1n) is 6.92. The summed E-state index contributed by atoms with van der Waals surface area (Å²) < 4.78 is 5.42. The predicted molar refractivity (Wildman–Crippen MR) is 68.5 cm³/mol. The molecule has 1 aromatic rings. The molecular formula is C13H17N5O2. The summed E-state index contributed by atoms with van der Waals surface area (Å²) in [4.78, 5) is 14.1. The Labute approximate surface area is 116 Å². The van der Waals surface area contributed by atoms with Gasteiger partial charge in [-0.2, -0.15) is 5.26 Å². The molecule has 1 amide bonds. The fourth-order valence-corrected chi connectivity index (χ4v) is 2.95. The fraction of sp³-hybridized carbons (Fsp3) is 0.692. The van der Waals surface area contributed by atoms with E-state index in [-0.39, 0.29) is 23.9 Å². The summed E-state index contributed by atoms with van der Waals surface area (Å²) in [6.07, 6.45) is 2.33. The van der Waals surface area contributed by atoms with E-state index in [1.165, 1.54) is 0 Å². The van der Waals surface area contributed by atoms with Crippen LogP contribution in [0.25, 0.3) is 0 Å². The lowest BCUT2D eigenvalue weighted by atomic mass is 10.0. The molecule has 2 unspecified atom stereocenters. The van der Waals surface area contributed by atoms with Crippen LogP contribution in [0.4, 0.5) is 0 Å². The average molecular weight is 275 g/mol. The SMILES string of the molecule is Cc1nnc(C2CNC(C(=O)N3CCC[C@H]3C#N)C2)o1. The number of aromatic nitrogens is 2. The molecule has 0 aromatic carbocycles. The molecule has 1 aromatic heterocycles. The Bertz CT molecular complexity index is 549. The average Bonchev–Trinajstić information content (AvgIpc) is 3.17. The van der Waals surface area contributed by atoms with Crippen molar-refractivity contribution in [3.05, 3.63) is 11.8 Å². The lowest BCUT2D eigenvalue weighted by Crippen LogP contribution is -2.45. The molecule has 2 aliphatic rings. The third-order valence-electron chi connectivity index (χ3n) is 4.00. The molecule has 3 heterocycles. The van der Waals surface area contributed by atoms with Gasteiger partial charge >= 0.3 is 0 Å². The molecule has 0 saturated carbocycles. The van der Waals surface area contributed by atoms with Crippen molar-refractivity contribution in [3.8, 4) is 6.07 Å². The Morgan fingerprint density at radius 2 is 2.40 bits per heavy atom. The zero-order valence-electron chi connectivity index (χ0n) is 11.4. The van der Waals surface area contributed by atoms with E-state index in [9.17, 15) is 4.79 Å². The van der Waals surface area contributed by atoms with Crippen LogP contribution in [0.5, 0.6) is 0 Å². The standard InChI is InChI=1S/C13H17N5O2/c1-8-16-17-12(20-8)9-5-11(15-7-9)13(19)18-4-2-3-10(18)6-14/h9-11,15H,2-5,7H2,1H3/t9?,10-,11?/m0/s1. The van der Waals surface area contributed by atoms with E-state index in [4.69, 9.17) is 9.68 Å². The van der Waals surface area contributed by atoms with E-state index in [1.54, 1.807) is 11.8 Å². The first-order chi connectivity index (χ1) is 9.69. The van der Waals surface area contributed by atoms with Gasteiger partial charge in [-0.25, -0.2) is 0 Å². The van der Waals surface area contributed by atoms with Crippen molar-refractivity contribution in [2.24, 2.45) is 0 Å². The zero-order valence-corrected chi connectivity index (χ0v) is 11.4. The van der Waals surface area contributed by atoms with Gasteiger partial charge in [-0.15, -0.1) is 10.2 Å². The lowest BCUT2D eigenvalue weighted by Gasteiger charge is -2.23. The molecule has 3 atom stereocenters. The molecule has 20 heavy (non-hydrogen) atoms. The molecule has 7 heteroatoms. The summed E-state index contributed by atoms with van der Waals surface area (Å²) in [5, 5.41) is 20.1. The third kappa shape index (κ3) is 2.27. The van der Waals surface area contributed by atoms with Crippen LogP contribution in [0.1, 0.15) is 37.0 Å². The number of carbonyl (C=O) groups is 1. The molecule has 2 aliphatic heterocycles. The van der Waals surface area contributed by atoms with E-state index in [1.807, 2.05) is 0 Å². The Hall–Kier alpha value is -1.94. The second-order valence-corrected chi connectivity index (χ2v) is 5.37. The molecule has 0 bridgehead atoms. The number of nitrogens with zero attached hydrogens (tertiary/aromatic N) is 4. The highest BCUT2D eigenvalue weighted by atomic mass is 16.4. The normalized spacial score (nSPS) is 29.6. The predicted octanol–water partition coefficient (Wildman–Crippen LogP) is 0.338. The second kappa shape index (κ2) is 5.21. The van der Waals surface area contributed by atoms with Gasteiger partial charge in [-0.05, 0) is 19.3 Å². The summed E-state index contributed by atoms with van der Waals surface area (Å²) in [5.74, 6) is 1.23. The monoisotopic (exact) mass is 275 g/mol. The highest BCUT2D eigenvalue weighted by molar-refractivity contribution is 5.83. The van der Waals surface area contributed by atoms with Crippen LogP contribution in [0, 0.1) is 18.3 Å². The van der Waals surface area contributed by atoms with Crippen LogP contribution in [0.15, 0.2) is 4.42 Å². The summed E-state index contributed by atoms with van der Waals surface area (Å²) in [6, 6.07) is 1.68. The van der Waals surface area contributed by atoms with E-state index >= 15 is 0 Å². The highest BCUT2D eigenvalue weighted by Crippen LogP contribution is 2.27. The van der Waals surface area contributed by atoms with Crippen molar-refractivity contribution in [1.29, 1.82) is 5.26 Å². The van der Waals surface area contributed by atoms with E-state index in [0.29, 0.717) is 31.3 Å². The van der Waals surface area contributed by atoms with Gasteiger partial charge < -0.3 is 14.6 Å². The van der Waals surface area contributed by atoms with Gasteiger partial charge in [0.05, 0.1) is 18.0 Å². The van der Waals surface area contributed by atoms with Crippen LogP contribution >= 0.6 is 0 Å². The van der Waals surface area contributed by atoms with Crippen molar-refractivity contribution >= 4 is 5.91 Å². The Kier molecular flexibility index (Phi) is 3.40. The maximum absolute atomic E-state index is 12.4. The number of rotatable bonds is 2. The van der Waals surface area contributed by atoms with Crippen LogP contribution in [0.3, 0.4) is 0 Å². The fourth-order valence-electron chi connectivity index (χ4n) is 2.95. The number of amides is 1. The van der Waals surface area contributed by atoms with E-state index in [0.717, 1.165) is 12.8 Å². The number of hydrogen-bond donors (Lipinski definition) is 1. The maximum Gasteiger partial charge on any atom is 0.240 e. The van der Waals surface area contributed by atoms with E-state index < -0.39 is 0 Å². The molecular weight excluding hydrogens is 258 g/mol. The van der Waals surface area contributed by atoms with Gasteiger partial charge in [0, 0.05) is 20.0 Å². The van der Waals surface area contributed by atoms with Crippen LogP contribution in [-0.2, 0) is 4.79 Å². The van der Waals surface area contributed by atoms with Gasteiger partial charge in [-0.3, -0.25) is 4.79 Å². The number of carbonyl (C=O) groups excluding carboxylic acids is 1. The Morgan fingerprint density at radius 1 is 1.55 bits per heavy atom. The molecule has 0 spiro atoms. The third-order valence-corrected chi connectivity index (χ3v) is 4.00. The van der Waals surface area contributed by atoms with Crippen molar-refractivity contribution < 1.29 is 9.21 Å². The number of aryl methyl sites for hydroxylation is 1. The van der Waals surface area contributed by atoms with Gasteiger partial charge in [-0.1, -0.05) is 0 Å². The van der Waals surface area contributed by atoms with Crippen LogP contribution in [0.2, 0.25) is 0 Å². The maximum atomic E-state index is 12.4. The minimum absolute atomic E-state index is 0.0211. The second-order valence-electron chi connectivity index (χ2n) is 5.37. The molecule has 106 valence electrons. The van der Waals surface area contributed by atoms with Gasteiger partial charge in [0.1, 0.15) is 6.04 Å². The topological polar surface area (TPSA) is 95.0 Å². The van der Waals surface area contributed by atoms with Crippen LogP contribution < -0.4 is 5.32 Å². The van der Waals surface area contributed by atoms with Crippen molar-refractivity contribution in [1.82, 2.24) is 20.4 Å². The summed E-state index contributed by atoms with van der Waals surface area (Å²) in [6.45, 7) is 3.09. The van der Waals surface area contributed by atoms with Crippen LogP contribution in [-0.4, -0.2) is 46.2 Å². The summed E-state index contributed by atoms with van der Waals surface area (Å²) in [5.41, 5.74) is 0. The smallest absolute Gasteiger partial charge is 0.240 e. The summed E-state index contributed by atoms with van der Waals surface area (Å²) >= 11 is 0. The molecule has 0 aliphatic carbocycles. The molecule has 7 nitrogen and oxygen atoms in total.